The Labute approximate surface area is 135 Å². The largest absolute Gasteiger partial charge is 0.355 e. The number of nitrogens with one attached hydrogen (secondary N) is 1. The third-order valence-corrected chi connectivity index (χ3v) is 2.74. The first kappa shape index (κ1) is 19.4. The number of halogens is 2. The van der Waals surface area contributed by atoms with E-state index in [-0.39, 0.29) is 30.7 Å². The Bertz CT molecular complexity index is 548. The number of rotatable bonds is 5. The maximum Gasteiger partial charge on any atom is 0.275 e. The van der Waals surface area contributed by atoms with Crippen LogP contribution in [0.3, 0.4) is 0 Å². The first-order chi connectivity index (χ1) is 9.22. The van der Waals surface area contributed by atoms with E-state index in [0.717, 1.165) is 12.1 Å². The fourth-order valence-electron chi connectivity index (χ4n) is 1.60. The minimum absolute atomic E-state index is 0. The number of aromatic nitrogens is 2. The zero-order valence-corrected chi connectivity index (χ0v) is 13.4. The smallest absolute Gasteiger partial charge is 0.275 e. The number of carbonyl (C=O) groups is 1. The fourth-order valence-corrected chi connectivity index (χ4v) is 1.60. The molecule has 116 valence electrons. The van der Waals surface area contributed by atoms with Crippen LogP contribution in [0.25, 0.3) is 11.3 Å². The molecule has 21 heavy (non-hydrogen) atoms. The Morgan fingerprint density at radius 3 is 2.62 bits per heavy atom. The summed E-state index contributed by atoms with van der Waals surface area (Å²) in [6.45, 7) is 1.35. The summed E-state index contributed by atoms with van der Waals surface area (Å²) in [6.07, 6.45) is 3.33. The normalized spacial score (nSPS) is 9.43. The Hall–Kier alpha value is -1.63. The molecule has 0 aliphatic heterocycles. The molecule has 2 heterocycles. The standard InChI is InChI=1S/C13H16N4O2.2ClH/c1-14-7-8-17(2)13(18)11-9-12(19-16-11)10-3-5-15-6-4-10;;/h3-6,9,14H,7-8H2,1-2H3;2*1H. The highest BCUT2D eigenvalue weighted by atomic mass is 35.5. The lowest BCUT2D eigenvalue weighted by Crippen LogP contribution is -2.32. The quantitative estimate of drug-likeness (QED) is 0.904. The van der Waals surface area contributed by atoms with Crippen molar-refractivity contribution in [2.24, 2.45) is 0 Å². The molecule has 0 spiro atoms. The molecule has 0 fully saturated rings. The van der Waals surface area contributed by atoms with Gasteiger partial charge in [-0.25, -0.2) is 0 Å². The highest BCUT2D eigenvalue weighted by molar-refractivity contribution is 5.92. The van der Waals surface area contributed by atoms with Gasteiger partial charge in [0.05, 0.1) is 0 Å². The van der Waals surface area contributed by atoms with Crippen molar-refractivity contribution in [2.75, 3.05) is 27.2 Å². The second-order valence-electron chi connectivity index (χ2n) is 4.14. The Morgan fingerprint density at radius 2 is 2.00 bits per heavy atom. The van der Waals surface area contributed by atoms with Gasteiger partial charge in [0, 0.05) is 44.2 Å². The lowest BCUT2D eigenvalue weighted by atomic mass is 10.2. The predicted octanol–water partition coefficient (Wildman–Crippen LogP) is 1.87. The predicted molar refractivity (Wildman–Crippen MR) is 85.1 cm³/mol. The minimum Gasteiger partial charge on any atom is -0.355 e. The summed E-state index contributed by atoms with van der Waals surface area (Å²) >= 11 is 0. The molecule has 0 aliphatic rings. The van der Waals surface area contributed by atoms with Crippen LogP contribution in [0.4, 0.5) is 0 Å². The number of likely N-dealkylation sites (N-methyl/N-ethyl adjacent to an activating group) is 2. The number of hydrogen-bond acceptors (Lipinski definition) is 5. The zero-order chi connectivity index (χ0) is 13.7. The van der Waals surface area contributed by atoms with E-state index in [1.54, 1.807) is 42.5 Å². The maximum absolute atomic E-state index is 12.1. The van der Waals surface area contributed by atoms with E-state index >= 15 is 0 Å². The van der Waals surface area contributed by atoms with Crippen LogP contribution >= 0.6 is 24.8 Å². The number of carbonyl (C=O) groups excluding carboxylic acids is 1. The van der Waals surface area contributed by atoms with Gasteiger partial charge in [0.1, 0.15) is 0 Å². The van der Waals surface area contributed by atoms with Crippen molar-refractivity contribution < 1.29 is 9.32 Å². The van der Waals surface area contributed by atoms with Crippen molar-refractivity contribution in [1.82, 2.24) is 20.4 Å². The molecule has 1 N–H and O–H groups in total. The topological polar surface area (TPSA) is 71.3 Å². The first-order valence-corrected chi connectivity index (χ1v) is 5.99. The molecule has 0 saturated heterocycles. The zero-order valence-electron chi connectivity index (χ0n) is 11.8. The lowest BCUT2D eigenvalue weighted by molar-refractivity contribution is 0.0786. The third kappa shape index (κ3) is 5.00. The molecule has 0 aromatic carbocycles. The van der Waals surface area contributed by atoms with Gasteiger partial charge in [-0.05, 0) is 19.2 Å². The van der Waals surface area contributed by atoms with Crippen LogP contribution in [0.2, 0.25) is 0 Å². The molecule has 2 rings (SSSR count). The molecule has 6 nitrogen and oxygen atoms in total. The van der Waals surface area contributed by atoms with Crippen molar-refractivity contribution >= 4 is 30.7 Å². The summed E-state index contributed by atoms with van der Waals surface area (Å²) < 4.78 is 5.19. The molecule has 2 aromatic heterocycles. The average Bonchev–Trinajstić information content (AvgIpc) is 2.94. The fraction of sp³-hybridized carbons (Fsp3) is 0.308. The summed E-state index contributed by atoms with van der Waals surface area (Å²) in [6, 6.07) is 5.26. The van der Waals surface area contributed by atoms with E-state index < -0.39 is 0 Å². The van der Waals surface area contributed by atoms with Gasteiger partial charge in [-0.1, -0.05) is 5.16 Å². The molecule has 2 aromatic rings. The van der Waals surface area contributed by atoms with E-state index in [1.807, 2.05) is 7.05 Å². The second-order valence-corrected chi connectivity index (χ2v) is 4.14. The van der Waals surface area contributed by atoms with Gasteiger partial charge in [-0.15, -0.1) is 24.8 Å². The molecular formula is C13H18Cl2N4O2. The van der Waals surface area contributed by atoms with E-state index in [2.05, 4.69) is 15.5 Å². The minimum atomic E-state index is -0.153. The van der Waals surface area contributed by atoms with Crippen molar-refractivity contribution in [3.63, 3.8) is 0 Å². The third-order valence-electron chi connectivity index (χ3n) is 2.74. The first-order valence-electron chi connectivity index (χ1n) is 5.99. The molecule has 0 bridgehead atoms. The molecule has 1 amide bonds. The monoisotopic (exact) mass is 332 g/mol. The number of amides is 1. The Balaban J connectivity index is 0.00000200. The second kappa shape index (κ2) is 9.33. The van der Waals surface area contributed by atoms with Crippen molar-refractivity contribution in [2.45, 2.75) is 0 Å². The number of pyridine rings is 1. The summed E-state index contributed by atoms with van der Waals surface area (Å²) in [7, 11) is 3.58. The number of nitrogens with zero attached hydrogens (tertiary/aromatic N) is 3. The van der Waals surface area contributed by atoms with Crippen molar-refractivity contribution in [3.8, 4) is 11.3 Å². The van der Waals surface area contributed by atoms with Crippen molar-refractivity contribution in [3.05, 3.63) is 36.3 Å². The average molecular weight is 333 g/mol. The summed E-state index contributed by atoms with van der Waals surface area (Å²) in [5.74, 6) is 0.409. The van der Waals surface area contributed by atoms with Gasteiger partial charge in [-0.3, -0.25) is 9.78 Å². The Morgan fingerprint density at radius 1 is 1.33 bits per heavy atom. The van der Waals surface area contributed by atoms with Crippen LogP contribution in [0.5, 0.6) is 0 Å². The molecule has 0 unspecified atom stereocenters. The van der Waals surface area contributed by atoms with Gasteiger partial charge >= 0.3 is 0 Å². The van der Waals surface area contributed by atoms with E-state index in [9.17, 15) is 4.79 Å². The molecular weight excluding hydrogens is 315 g/mol. The van der Waals surface area contributed by atoms with E-state index in [1.165, 1.54) is 0 Å². The van der Waals surface area contributed by atoms with Crippen LogP contribution in [-0.2, 0) is 0 Å². The maximum atomic E-state index is 12.1. The molecule has 0 aliphatic carbocycles. The van der Waals surface area contributed by atoms with Gasteiger partial charge in [0.2, 0.25) is 0 Å². The molecule has 0 atom stereocenters. The molecule has 8 heteroatoms. The van der Waals surface area contributed by atoms with Crippen LogP contribution in [0.1, 0.15) is 10.5 Å². The van der Waals surface area contributed by atoms with Gasteiger partial charge in [0.15, 0.2) is 11.5 Å². The van der Waals surface area contributed by atoms with Gasteiger partial charge in [-0.2, -0.15) is 0 Å². The SMILES string of the molecule is CNCCN(C)C(=O)c1cc(-c2ccncc2)on1.Cl.Cl. The van der Waals surface area contributed by atoms with E-state index in [0.29, 0.717) is 18.0 Å². The summed E-state index contributed by atoms with van der Waals surface area (Å²) in [5.41, 5.74) is 1.16. The lowest BCUT2D eigenvalue weighted by Gasteiger charge is -2.14. The highest BCUT2D eigenvalue weighted by Crippen LogP contribution is 2.19. The Kier molecular flexibility index (Phi) is 8.61. The highest BCUT2D eigenvalue weighted by Gasteiger charge is 2.17. The molecule has 0 saturated carbocycles. The van der Waals surface area contributed by atoms with Crippen LogP contribution in [-0.4, -0.2) is 48.1 Å². The molecule has 0 radical (unpaired) electrons. The van der Waals surface area contributed by atoms with E-state index in [4.69, 9.17) is 4.52 Å². The summed E-state index contributed by atoms with van der Waals surface area (Å²) in [4.78, 5) is 17.6. The summed E-state index contributed by atoms with van der Waals surface area (Å²) in [5, 5.41) is 6.81. The van der Waals surface area contributed by atoms with Crippen LogP contribution in [0.15, 0.2) is 35.1 Å². The van der Waals surface area contributed by atoms with Gasteiger partial charge in [0.25, 0.3) is 5.91 Å². The van der Waals surface area contributed by atoms with Crippen LogP contribution < -0.4 is 5.32 Å². The van der Waals surface area contributed by atoms with Crippen molar-refractivity contribution in [1.29, 1.82) is 0 Å². The number of hydrogen-bond donors (Lipinski definition) is 1. The van der Waals surface area contributed by atoms with Crippen LogP contribution in [0, 0.1) is 0 Å². The van der Waals surface area contributed by atoms with Gasteiger partial charge < -0.3 is 14.7 Å².